The van der Waals surface area contributed by atoms with E-state index in [4.69, 9.17) is 4.74 Å². The van der Waals surface area contributed by atoms with Crippen LogP contribution < -0.4 is 5.32 Å². The van der Waals surface area contributed by atoms with E-state index in [2.05, 4.69) is 80.8 Å². The molecule has 63 heavy (non-hydrogen) atoms. The van der Waals surface area contributed by atoms with Gasteiger partial charge in [0.15, 0.2) is 0 Å². The number of allylic oxidation sites excluding steroid dienone is 16. The zero-order valence-corrected chi connectivity index (χ0v) is 40.9. The standard InChI is InChI=1S/C57H97NO5/c1-4-7-10-13-16-19-22-25-27-28-30-31-33-36-39-42-45-48-53(63-57(62)50-47-44-41-38-35-32-29-26-23-20-17-14-11-8-5-2)51-56(61)58-54(52-59)55(60)49-46-43-40-37-34-24-21-18-15-12-9-6-3/h8,11,14,16-17,19-20,23,25-27,29-32,35,53-55,59-60H,4-7,9-10,12-13,15,18,21-22,24,28,33-34,36-52H2,1-3H3,(H,58,61)/b11-8+,17-14+,19-16-,23-20-,27-25-,29-26-,31-30-,35-32+. The molecule has 0 aliphatic rings. The molecule has 0 saturated carbocycles. The maximum absolute atomic E-state index is 13.2. The summed E-state index contributed by atoms with van der Waals surface area (Å²) in [5.74, 6) is -0.551. The molecule has 1 amide bonds. The average Bonchev–Trinajstić information content (AvgIpc) is 3.28. The molecule has 0 aliphatic carbocycles. The van der Waals surface area contributed by atoms with Crippen molar-refractivity contribution in [2.45, 2.75) is 244 Å². The number of aliphatic hydroxyl groups is 2. The Kier molecular flexibility index (Phi) is 47.2. The van der Waals surface area contributed by atoms with Crippen LogP contribution in [0, 0.1) is 0 Å². The van der Waals surface area contributed by atoms with E-state index in [1.807, 2.05) is 42.5 Å². The first-order valence-electron chi connectivity index (χ1n) is 26.0. The lowest BCUT2D eigenvalue weighted by molar-refractivity contribution is -0.151. The molecule has 0 spiro atoms. The van der Waals surface area contributed by atoms with Crippen molar-refractivity contribution in [2.75, 3.05) is 6.61 Å². The number of carbonyl (C=O) groups is 2. The normalized spacial score (nSPS) is 14.0. The fourth-order valence-electron chi connectivity index (χ4n) is 7.34. The molecule has 3 N–H and O–H groups in total. The summed E-state index contributed by atoms with van der Waals surface area (Å²) in [5.41, 5.74) is 0. The van der Waals surface area contributed by atoms with Crippen molar-refractivity contribution >= 4 is 11.9 Å². The predicted octanol–water partition coefficient (Wildman–Crippen LogP) is 15.7. The zero-order chi connectivity index (χ0) is 45.9. The van der Waals surface area contributed by atoms with Crippen LogP contribution in [0.25, 0.3) is 0 Å². The highest BCUT2D eigenvalue weighted by atomic mass is 16.5. The van der Waals surface area contributed by atoms with Gasteiger partial charge in [0, 0.05) is 6.42 Å². The highest BCUT2D eigenvalue weighted by molar-refractivity contribution is 5.77. The molecule has 0 bridgehead atoms. The first-order chi connectivity index (χ1) is 31.0. The van der Waals surface area contributed by atoms with Crippen molar-refractivity contribution in [2.24, 2.45) is 0 Å². The number of carbonyl (C=O) groups excluding carboxylic acids is 2. The van der Waals surface area contributed by atoms with Gasteiger partial charge in [-0.15, -0.1) is 0 Å². The van der Waals surface area contributed by atoms with Crippen LogP contribution in [0.2, 0.25) is 0 Å². The predicted molar refractivity (Wildman–Crippen MR) is 273 cm³/mol. The molecule has 0 fully saturated rings. The number of hydrogen-bond acceptors (Lipinski definition) is 5. The molecule has 0 radical (unpaired) electrons. The molecule has 6 heteroatoms. The molecule has 0 heterocycles. The first kappa shape index (κ1) is 59.8. The van der Waals surface area contributed by atoms with Gasteiger partial charge in [0.05, 0.1) is 25.2 Å². The number of nitrogens with one attached hydrogen (secondary N) is 1. The number of ether oxygens (including phenoxy) is 1. The van der Waals surface area contributed by atoms with Gasteiger partial charge < -0.3 is 20.3 Å². The van der Waals surface area contributed by atoms with Gasteiger partial charge in [-0.3, -0.25) is 9.59 Å². The third kappa shape index (κ3) is 45.2. The smallest absolute Gasteiger partial charge is 0.306 e. The number of hydrogen-bond donors (Lipinski definition) is 3. The van der Waals surface area contributed by atoms with Crippen molar-refractivity contribution in [3.63, 3.8) is 0 Å². The summed E-state index contributed by atoms with van der Waals surface area (Å²) >= 11 is 0. The summed E-state index contributed by atoms with van der Waals surface area (Å²) in [7, 11) is 0. The molecule has 0 rings (SSSR count). The van der Waals surface area contributed by atoms with E-state index in [0.717, 1.165) is 96.3 Å². The maximum atomic E-state index is 13.2. The van der Waals surface area contributed by atoms with Crippen LogP contribution in [0.1, 0.15) is 226 Å². The lowest BCUT2D eigenvalue weighted by atomic mass is 10.0. The van der Waals surface area contributed by atoms with Gasteiger partial charge in [0.2, 0.25) is 5.91 Å². The molecular weight excluding hydrogens is 779 g/mol. The Hall–Kier alpha value is -3.22. The quantitative estimate of drug-likeness (QED) is 0.0245. The maximum Gasteiger partial charge on any atom is 0.306 e. The van der Waals surface area contributed by atoms with Gasteiger partial charge >= 0.3 is 5.97 Å². The van der Waals surface area contributed by atoms with Gasteiger partial charge in [0.1, 0.15) is 6.10 Å². The molecule has 0 aromatic rings. The van der Waals surface area contributed by atoms with E-state index in [1.165, 1.54) is 83.5 Å². The van der Waals surface area contributed by atoms with Gasteiger partial charge in [-0.25, -0.2) is 0 Å². The minimum atomic E-state index is -0.807. The molecule has 0 aromatic carbocycles. The first-order valence-corrected chi connectivity index (χ1v) is 26.0. The summed E-state index contributed by atoms with van der Waals surface area (Å²) < 4.78 is 5.91. The Morgan fingerprint density at radius 3 is 1.48 bits per heavy atom. The summed E-state index contributed by atoms with van der Waals surface area (Å²) in [4.78, 5) is 26.2. The van der Waals surface area contributed by atoms with Crippen molar-refractivity contribution in [1.82, 2.24) is 5.32 Å². The van der Waals surface area contributed by atoms with Crippen molar-refractivity contribution in [1.29, 1.82) is 0 Å². The average molecular weight is 876 g/mol. The third-order valence-corrected chi connectivity index (χ3v) is 11.3. The lowest BCUT2D eigenvalue weighted by Crippen LogP contribution is -2.46. The second-order valence-corrected chi connectivity index (χ2v) is 17.3. The lowest BCUT2D eigenvalue weighted by Gasteiger charge is -2.24. The van der Waals surface area contributed by atoms with E-state index in [1.54, 1.807) is 0 Å². The number of aliphatic hydroxyl groups excluding tert-OH is 2. The Labute approximate surface area is 388 Å². The Balaban J connectivity index is 4.75. The van der Waals surface area contributed by atoms with Gasteiger partial charge in [0.25, 0.3) is 0 Å². The zero-order valence-electron chi connectivity index (χ0n) is 40.9. The van der Waals surface area contributed by atoms with Gasteiger partial charge in [-0.2, -0.15) is 0 Å². The fraction of sp³-hybridized carbons (Fsp3) is 0.684. The van der Waals surface area contributed by atoms with Crippen molar-refractivity contribution < 1.29 is 24.5 Å². The Morgan fingerprint density at radius 1 is 0.492 bits per heavy atom. The number of amides is 1. The molecule has 360 valence electrons. The second kappa shape index (κ2) is 49.8. The molecule has 0 saturated heterocycles. The molecule has 3 unspecified atom stereocenters. The molecule has 6 nitrogen and oxygen atoms in total. The van der Waals surface area contributed by atoms with E-state index in [0.29, 0.717) is 19.3 Å². The summed E-state index contributed by atoms with van der Waals surface area (Å²) in [5, 5.41) is 23.8. The number of rotatable bonds is 45. The highest BCUT2D eigenvalue weighted by Crippen LogP contribution is 2.17. The van der Waals surface area contributed by atoms with Crippen LogP contribution in [0.3, 0.4) is 0 Å². The summed E-state index contributed by atoms with van der Waals surface area (Å²) in [6, 6.07) is -0.724. The minimum Gasteiger partial charge on any atom is -0.462 e. The van der Waals surface area contributed by atoms with Crippen LogP contribution >= 0.6 is 0 Å². The number of unbranched alkanes of at least 4 members (excludes halogenated alkanes) is 21. The summed E-state index contributed by atoms with van der Waals surface area (Å²) in [6.07, 6.45) is 66.0. The van der Waals surface area contributed by atoms with Crippen LogP contribution in [-0.2, 0) is 14.3 Å². The SMILES string of the molecule is CC/C=C/C=C/C=C\C=C/C=C/CCCCCC(=O)OC(CCCCCC/C=C\C/C=C\C/C=C\CCCCC)CC(=O)NC(CO)C(O)CCCCCCCCCCCCCC. The second-order valence-electron chi connectivity index (χ2n) is 17.3. The molecule has 3 atom stereocenters. The van der Waals surface area contributed by atoms with Gasteiger partial charge in [-0.05, 0) is 83.5 Å². The van der Waals surface area contributed by atoms with Crippen LogP contribution in [0.5, 0.6) is 0 Å². The van der Waals surface area contributed by atoms with Crippen LogP contribution in [0.15, 0.2) is 97.2 Å². The monoisotopic (exact) mass is 876 g/mol. The Bertz CT molecular complexity index is 1260. The van der Waals surface area contributed by atoms with E-state index < -0.39 is 18.2 Å². The van der Waals surface area contributed by atoms with Crippen LogP contribution in [-0.4, -0.2) is 46.9 Å². The minimum absolute atomic E-state index is 0.0398. The van der Waals surface area contributed by atoms with E-state index in [9.17, 15) is 19.8 Å². The Morgan fingerprint density at radius 2 is 0.921 bits per heavy atom. The van der Waals surface area contributed by atoms with Crippen molar-refractivity contribution in [3.8, 4) is 0 Å². The fourth-order valence-corrected chi connectivity index (χ4v) is 7.34. The van der Waals surface area contributed by atoms with Crippen molar-refractivity contribution in [3.05, 3.63) is 97.2 Å². The topological polar surface area (TPSA) is 95.9 Å². The molecule has 0 aliphatic heterocycles. The summed E-state index contributed by atoms with van der Waals surface area (Å²) in [6.45, 7) is 6.29. The molecular formula is C57H97NO5. The van der Waals surface area contributed by atoms with E-state index >= 15 is 0 Å². The van der Waals surface area contributed by atoms with E-state index in [-0.39, 0.29) is 24.9 Å². The largest absolute Gasteiger partial charge is 0.462 e. The molecule has 0 aromatic heterocycles. The number of esters is 1. The van der Waals surface area contributed by atoms with Gasteiger partial charge in [-0.1, -0.05) is 227 Å². The van der Waals surface area contributed by atoms with Crippen LogP contribution in [0.4, 0.5) is 0 Å². The highest BCUT2D eigenvalue weighted by Gasteiger charge is 2.24. The third-order valence-electron chi connectivity index (χ3n) is 11.3.